The maximum atomic E-state index is 13.6. The molecule has 1 N–H and O–H groups in total. The lowest BCUT2D eigenvalue weighted by molar-refractivity contribution is -0.120. The molecule has 150 valence electrons. The smallest absolute Gasteiger partial charge is 0.246 e. The Hall–Kier alpha value is -2.55. The highest BCUT2D eigenvalue weighted by Crippen LogP contribution is 2.17. The summed E-state index contributed by atoms with van der Waals surface area (Å²) < 4.78 is 15.3. The van der Waals surface area contributed by atoms with E-state index in [0.717, 1.165) is 11.4 Å². The van der Waals surface area contributed by atoms with Crippen molar-refractivity contribution in [1.82, 2.24) is 20.0 Å². The molecule has 0 radical (unpaired) electrons. The molecule has 1 fully saturated rings. The van der Waals surface area contributed by atoms with Gasteiger partial charge in [-0.05, 0) is 11.6 Å². The van der Waals surface area contributed by atoms with Crippen LogP contribution >= 0.6 is 11.8 Å². The van der Waals surface area contributed by atoms with Crippen LogP contribution in [0.15, 0.2) is 41.7 Å². The molecule has 0 bridgehead atoms. The van der Waals surface area contributed by atoms with Gasteiger partial charge in [-0.15, -0.1) is 0 Å². The Kier molecular flexibility index (Phi) is 6.91. The highest BCUT2D eigenvalue weighted by Gasteiger charge is 2.27. The lowest BCUT2D eigenvalue weighted by atomic mass is 10.2. The number of aromatic nitrogens is 2. The van der Waals surface area contributed by atoms with Crippen molar-refractivity contribution in [3.8, 4) is 0 Å². The Morgan fingerprint density at radius 2 is 2.18 bits per heavy atom. The number of benzene rings is 1. The number of carbonyl (C=O) groups is 1. The number of guanidine groups is 1. The molecule has 7 nitrogen and oxygen atoms in total. The molecular weight excluding hydrogens is 379 g/mol. The molecule has 0 saturated carbocycles. The van der Waals surface area contributed by atoms with E-state index < -0.39 is 0 Å². The van der Waals surface area contributed by atoms with E-state index in [-0.39, 0.29) is 18.3 Å². The minimum atomic E-state index is -0.163. The Bertz CT molecular complexity index is 839. The van der Waals surface area contributed by atoms with Gasteiger partial charge in [0.2, 0.25) is 5.91 Å². The predicted octanol–water partition coefficient (Wildman–Crippen LogP) is 1.72. The van der Waals surface area contributed by atoms with Gasteiger partial charge >= 0.3 is 0 Å². The van der Waals surface area contributed by atoms with E-state index in [1.165, 1.54) is 6.07 Å². The number of nitrogens with one attached hydrogen (secondary N) is 1. The second-order valence-corrected chi connectivity index (χ2v) is 7.56. The normalized spacial score (nSPS) is 15.2. The first-order chi connectivity index (χ1) is 13.6. The van der Waals surface area contributed by atoms with Gasteiger partial charge in [-0.2, -0.15) is 16.9 Å². The summed E-state index contributed by atoms with van der Waals surface area (Å²) in [7, 11) is 3.55. The van der Waals surface area contributed by atoms with Crippen LogP contribution in [0.5, 0.6) is 0 Å². The van der Waals surface area contributed by atoms with Crippen molar-refractivity contribution in [2.45, 2.75) is 5.75 Å². The quantitative estimate of drug-likeness (QED) is 0.451. The predicted molar refractivity (Wildman–Crippen MR) is 111 cm³/mol. The van der Waals surface area contributed by atoms with Crippen molar-refractivity contribution >= 4 is 29.3 Å². The molecule has 1 aromatic carbocycles. The fourth-order valence-electron chi connectivity index (χ4n) is 3.04. The topological polar surface area (TPSA) is 65.8 Å². The summed E-state index contributed by atoms with van der Waals surface area (Å²) >= 11 is 1.66. The molecule has 0 aliphatic carbocycles. The van der Waals surface area contributed by atoms with Gasteiger partial charge < -0.3 is 15.1 Å². The van der Waals surface area contributed by atoms with E-state index in [9.17, 15) is 9.18 Å². The average molecular weight is 405 g/mol. The number of aryl methyl sites for hydroxylation is 1. The second-order valence-electron chi connectivity index (χ2n) is 6.46. The molecule has 9 heteroatoms. The SMILES string of the molecule is CN=C(NCCSCc1ccccc1F)N1CCN(c2cnn(C)c2)C(=O)C1. The molecule has 0 unspecified atom stereocenters. The number of piperazine rings is 1. The van der Waals surface area contributed by atoms with Crippen molar-refractivity contribution in [3.05, 3.63) is 48.0 Å². The van der Waals surface area contributed by atoms with Gasteiger partial charge in [0, 0.05) is 51.4 Å². The summed E-state index contributed by atoms with van der Waals surface area (Å²) in [5.41, 5.74) is 1.54. The number of halogens is 1. The number of anilines is 1. The Morgan fingerprint density at radius 3 is 2.86 bits per heavy atom. The van der Waals surface area contributed by atoms with Crippen LogP contribution in [0.1, 0.15) is 5.56 Å². The number of nitrogens with zero attached hydrogens (tertiary/aromatic N) is 5. The van der Waals surface area contributed by atoms with E-state index in [0.29, 0.717) is 36.9 Å². The van der Waals surface area contributed by atoms with Gasteiger partial charge in [-0.25, -0.2) is 4.39 Å². The number of carbonyl (C=O) groups excluding carboxylic acids is 1. The standard InChI is InChI=1S/C19H25FN6OS/c1-21-19(22-7-10-28-14-15-5-3-4-6-17(15)20)25-8-9-26(18(27)13-25)16-11-23-24(2)12-16/h3-6,11-12H,7-10,13-14H2,1-2H3,(H,21,22). The van der Waals surface area contributed by atoms with Crippen LogP contribution in [0.2, 0.25) is 0 Å². The first-order valence-electron chi connectivity index (χ1n) is 9.14. The third-order valence-electron chi connectivity index (χ3n) is 4.48. The zero-order chi connectivity index (χ0) is 19.9. The van der Waals surface area contributed by atoms with Crippen LogP contribution < -0.4 is 10.2 Å². The van der Waals surface area contributed by atoms with Crippen molar-refractivity contribution < 1.29 is 9.18 Å². The summed E-state index contributed by atoms with van der Waals surface area (Å²) in [4.78, 5) is 20.5. The number of hydrogen-bond donors (Lipinski definition) is 1. The molecule has 1 amide bonds. The Morgan fingerprint density at radius 1 is 1.36 bits per heavy atom. The maximum absolute atomic E-state index is 13.6. The van der Waals surface area contributed by atoms with Crippen LogP contribution in [-0.2, 0) is 17.6 Å². The van der Waals surface area contributed by atoms with Gasteiger partial charge in [-0.3, -0.25) is 14.5 Å². The monoisotopic (exact) mass is 404 g/mol. The third-order valence-corrected chi connectivity index (χ3v) is 5.49. The minimum Gasteiger partial charge on any atom is -0.355 e. The first kappa shape index (κ1) is 20.2. The second kappa shape index (κ2) is 9.59. The highest BCUT2D eigenvalue weighted by molar-refractivity contribution is 7.98. The third kappa shape index (κ3) is 5.03. The lowest BCUT2D eigenvalue weighted by Crippen LogP contribution is -2.55. The lowest BCUT2D eigenvalue weighted by Gasteiger charge is -2.35. The molecular formula is C19H25FN6OS. The fourth-order valence-corrected chi connectivity index (χ4v) is 3.88. The van der Waals surface area contributed by atoms with Crippen LogP contribution in [0.25, 0.3) is 0 Å². The molecule has 0 spiro atoms. The summed E-state index contributed by atoms with van der Waals surface area (Å²) in [6.07, 6.45) is 3.54. The van der Waals surface area contributed by atoms with E-state index >= 15 is 0 Å². The first-order valence-corrected chi connectivity index (χ1v) is 10.3. The van der Waals surface area contributed by atoms with Crippen molar-refractivity contribution in [2.24, 2.45) is 12.0 Å². The number of rotatable bonds is 6. The van der Waals surface area contributed by atoms with Crippen molar-refractivity contribution in [1.29, 1.82) is 0 Å². The number of hydrogen-bond acceptors (Lipinski definition) is 4. The number of amides is 1. The summed E-state index contributed by atoms with van der Waals surface area (Å²) in [6, 6.07) is 6.84. The average Bonchev–Trinajstić information content (AvgIpc) is 3.12. The van der Waals surface area contributed by atoms with Crippen LogP contribution in [0.3, 0.4) is 0 Å². The summed E-state index contributed by atoms with van der Waals surface area (Å²) in [5.74, 6) is 2.03. The zero-order valence-corrected chi connectivity index (χ0v) is 17.0. The molecule has 28 heavy (non-hydrogen) atoms. The molecule has 1 saturated heterocycles. The fraction of sp³-hybridized carbons (Fsp3) is 0.421. The van der Waals surface area contributed by atoms with Gasteiger partial charge in [0.25, 0.3) is 0 Å². The Balaban J connectivity index is 1.43. The summed E-state index contributed by atoms with van der Waals surface area (Å²) in [5, 5.41) is 7.42. The molecule has 0 atom stereocenters. The van der Waals surface area contributed by atoms with Gasteiger partial charge in [0.05, 0.1) is 11.9 Å². The largest absolute Gasteiger partial charge is 0.355 e. The Labute approximate surface area is 168 Å². The van der Waals surface area contributed by atoms with Crippen LogP contribution in [0, 0.1) is 5.82 Å². The van der Waals surface area contributed by atoms with Gasteiger partial charge in [0.15, 0.2) is 5.96 Å². The van der Waals surface area contributed by atoms with E-state index in [4.69, 9.17) is 0 Å². The molecule has 1 aromatic heterocycles. The van der Waals surface area contributed by atoms with E-state index in [2.05, 4.69) is 15.4 Å². The number of aliphatic imine (C=N–C) groups is 1. The van der Waals surface area contributed by atoms with E-state index in [1.54, 1.807) is 40.7 Å². The van der Waals surface area contributed by atoms with Crippen LogP contribution in [0.4, 0.5) is 10.1 Å². The highest BCUT2D eigenvalue weighted by atomic mass is 32.2. The molecule has 2 heterocycles. The van der Waals surface area contributed by atoms with Crippen molar-refractivity contribution in [3.63, 3.8) is 0 Å². The summed E-state index contributed by atoms with van der Waals surface area (Å²) in [6.45, 7) is 2.26. The van der Waals surface area contributed by atoms with Gasteiger partial charge in [-0.1, -0.05) is 18.2 Å². The minimum absolute atomic E-state index is 0.0242. The van der Waals surface area contributed by atoms with E-state index in [1.807, 2.05) is 30.3 Å². The molecule has 1 aliphatic rings. The number of thioether (sulfide) groups is 1. The van der Waals surface area contributed by atoms with Crippen LogP contribution in [-0.4, -0.2) is 65.5 Å². The zero-order valence-electron chi connectivity index (χ0n) is 16.1. The molecule has 2 aromatic rings. The maximum Gasteiger partial charge on any atom is 0.246 e. The molecule has 1 aliphatic heterocycles. The molecule has 3 rings (SSSR count). The van der Waals surface area contributed by atoms with Crippen molar-refractivity contribution in [2.75, 3.05) is 43.9 Å². The van der Waals surface area contributed by atoms with Gasteiger partial charge in [0.1, 0.15) is 12.4 Å².